The highest BCUT2D eigenvalue weighted by Crippen LogP contribution is 2.27. The molecule has 0 atom stereocenters. The van der Waals surface area contributed by atoms with Crippen molar-refractivity contribution in [2.45, 2.75) is 60.2 Å². The summed E-state index contributed by atoms with van der Waals surface area (Å²) >= 11 is 0. The van der Waals surface area contributed by atoms with Crippen LogP contribution in [-0.4, -0.2) is 31.1 Å². The minimum atomic E-state index is 0. The van der Waals surface area contributed by atoms with Gasteiger partial charge in [-0.3, -0.25) is 4.68 Å². The van der Waals surface area contributed by atoms with Crippen molar-refractivity contribution in [3.63, 3.8) is 0 Å². The molecular formula is C20H30Cl2N6. The van der Waals surface area contributed by atoms with Crippen LogP contribution in [0.5, 0.6) is 0 Å². The average molecular weight is 425 g/mol. The van der Waals surface area contributed by atoms with Crippen LogP contribution in [0.1, 0.15) is 43.6 Å². The third-order valence-corrected chi connectivity index (χ3v) is 5.15. The number of hydrogen-bond acceptors (Lipinski definition) is 4. The zero-order valence-electron chi connectivity index (χ0n) is 17.0. The van der Waals surface area contributed by atoms with Crippen LogP contribution < -0.4 is 5.32 Å². The van der Waals surface area contributed by atoms with Gasteiger partial charge in [0.05, 0.1) is 17.1 Å². The number of fused-ring (bicyclic) bond motifs is 2. The number of nitrogens with one attached hydrogen (secondary N) is 1. The smallest absolute Gasteiger partial charge is 0.159 e. The highest BCUT2D eigenvalue weighted by Gasteiger charge is 2.17. The largest absolute Gasteiger partial charge is 0.311 e. The lowest BCUT2D eigenvalue weighted by Crippen LogP contribution is -2.11. The molecule has 4 heterocycles. The van der Waals surface area contributed by atoms with Crippen LogP contribution >= 0.6 is 24.8 Å². The summed E-state index contributed by atoms with van der Waals surface area (Å²) in [6, 6.07) is 4.33. The molecule has 154 valence electrons. The van der Waals surface area contributed by atoms with E-state index in [1.165, 1.54) is 16.6 Å². The van der Waals surface area contributed by atoms with Crippen LogP contribution in [0.3, 0.4) is 0 Å². The van der Waals surface area contributed by atoms with Gasteiger partial charge in [0, 0.05) is 25.0 Å². The molecule has 0 aliphatic carbocycles. The van der Waals surface area contributed by atoms with E-state index in [-0.39, 0.29) is 24.8 Å². The number of rotatable bonds is 4. The van der Waals surface area contributed by atoms with E-state index >= 15 is 0 Å². The lowest BCUT2D eigenvalue weighted by molar-refractivity contribution is 0.493. The zero-order chi connectivity index (χ0) is 18.3. The quantitative estimate of drug-likeness (QED) is 0.677. The van der Waals surface area contributed by atoms with Crippen LogP contribution in [0, 0.1) is 19.8 Å². The number of halogens is 2. The molecule has 1 N–H and O–H groups in total. The van der Waals surface area contributed by atoms with Crippen molar-refractivity contribution in [2.24, 2.45) is 5.92 Å². The highest BCUT2D eigenvalue weighted by atomic mass is 35.5. The Morgan fingerprint density at radius 1 is 1.11 bits per heavy atom. The van der Waals surface area contributed by atoms with E-state index in [2.05, 4.69) is 54.5 Å². The maximum Gasteiger partial charge on any atom is 0.159 e. The summed E-state index contributed by atoms with van der Waals surface area (Å²) in [6.07, 6.45) is 2.21. The van der Waals surface area contributed by atoms with Gasteiger partial charge >= 0.3 is 0 Å². The van der Waals surface area contributed by atoms with Crippen LogP contribution in [0.2, 0.25) is 0 Å². The first-order valence-electron chi connectivity index (χ1n) is 9.65. The lowest BCUT2D eigenvalue weighted by Gasteiger charge is -2.07. The van der Waals surface area contributed by atoms with Gasteiger partial charge in [-0.25, -0.2) is 9.67 Å². The third kappa shape index (κ3) is 4.34. The van der Waals surface area contributed by atoms with Gasteiger partial charge in [0.25, 0.3) is 0 Å². The fraction of sp³-hybridized carbons (Fsp3) is 0.550. The SMILES string of the molecule is Cc1cc(-c2cc3n(n2)CCCNC3)nc2c1c(C)nn2CCC(C)C.Cl.Cl. The van der Waals surface area contributed by atoms with Crippen molar-refractivity contribution in [1.29, 1.82) is 0 Å². The lowest BCUT2D eigenvalue weighted by atomic mass is 10.1. The molecule has 0 fully saturated rings. The normalized spacial score (nSPS) is 13.8. The van der Waals surface area contributed by atoms with Gasteiger partial charge in [-0.2, -0.15) is 10.2 Å². The van der Waals surface area contributed by atoms with Crippen molar-refractivity contribution in [3.05, 3.63) is 29.1 Å². The van der Waals surface area contributed by atoms with Crippen molar-refractivity contribution in [2.75, 3.05) is 6.54 Å². The molecule has 0 spiro atoms. The molecule has 4 rings (SSSR count). The molecule has 8 heteroatoms. The maximum absolute atomic E-state index is 4.98. The summed E-state index contributed by atoms with van der Waals surface area (Å²) < 4.78 is 4.20. The van der Waals surface area contributed by atoms with Crippen molar-refractivity contribution in [1.82, 2.24) is 29.9 Å². The molecule has 0 saturated carbocycles. The van der Waals surface area contributed by atoms with E-state index in [0.29, 0.717) is 5.92 Å². The molecular weight excluding hydrogens is 395 g/mol. The second-order valence-electron chi connectivity index (χ2n) is 7.79. The Morgan fingerprint density at radius 3 is 2.64 bits per heavy atom. The minimum Gasteiger partial charge on any atom is -0.311 e. The second kappa shape index (κ2) is 9.25. The summed E-state index contributed by atoms with van der Waals surface area (Å²) in [5.41, 5.74) is 6.41. The Morgan fingerprint density at radius 2 is 1.89 bits per heavy atom. The zero-order valence-corrected chi connectivity index (χ0v) is 18.7. The Labute approximate surface area is 178 Å². The van der Waals surface area contributed by atoms with Crippen LogP contribution in [0.25, 0.3) is 22.4 Å². The number of hydrogen-bond donors (Lipinski definition) is 1. The molecule has 3 aromatic heterocycles. The Balaban J connectivity index is 0.00000140. The molecule has 0 radical (unpaired) electrons. The number of nitrogens with zero attached hydrogens (tertiary/aromatic N) is 5. The van der Waals surface area contributed by atoms with E-state index in [1.54, 1.807) is 0 Å². The van der Waals surface area contributed by atoms with E-state index in [4.69, 9.17) is 15.2 Å². The number of aryl methyl sites for hydroxylation is 4. The molecule has 0 unspecified atom stereocenters. The topological polar surface area (TPSA) is 60.6 Å². The van der Waals surface area contributed by atoms with Crippen molar-refractivity contribution >= 4 is 35.8 Å². The van der Waals surface area contributed by atoms with Crippen LogP contribution in [0.4, 0.5) is 0 Å². The first-order chi connectivity index (χ1) is 12.5. The summed E-state index contributed by atoms with van der Waals surface area (Å²) in [6.45, 7) is 12.5. The third-order valence-electron chi connectivity index (χ3n) is 5.15. The van der Waals surface area contributed by atoms with E-state index in [9.17, 15) is 0 Å². The number of pyridine rings is 1. The Kier molecular flexibility index (Phi) is 7.48. The average Bonchev–Trinajstić information content (AvgIpc) is 3.07. The van der Waals surface area contributed by atoms with Gasteiger partial charge in [-0.05, 0) is 56.8 Å². The predicted molar refractivity (Wildman–Crippen MR) is 118 cm³/mol. The molecule has 28 heavy (non-hydrogen) atoms. The second-order valence-corrected chi connectivity index (χ2v) is 7.79. The summed E-state index contributed by atoms with van der Waals surface area (Å²) in [5.74, 6) is 0.648. The minimum absolute atomic E-state index is 0. The van der Waals surface area contributed by atoms with E-state index in [1.807, 2.05) is 0 Å². The maximum atomic E-state index is 4.98. The fourth-order valence-corrected chi connectivity index (χ4v) is 3.72. The molecule has 0 bridgehead atoms. The summed E-state index contributed by atoms with van der Waals surface area (Å²) in [5, 5.41) is 14.2. The fourth-order valence-electron chi connectivity index (χ4n) is 3.72. The van der Waals surface area contributed by atoms with Gasteiger partial charge in [-0.15, -0.1) is 24.8 Å². The van der Waals surface area contributed by atoms with Crippen molar-refractivity contribution in [3.8, 4) is 11.4 Å². The van der Waals surface area contributed by atoms with Crippen LogP contribution in [-0.2, 0) is 19.6 Å². The Bertz CT molecular complexity index is 920. The predicted octanol–water partition coefficient (Wildman–Crippen LogP) is 4.29. The van der Waals surface area contributed by atoms with Gasteiger partial charge < -0.3 is 5.32 Å². The summed E-state index contributed by atoms with van der Waals surface area (Å²) in [7, 11) is 0. The molecule has 1 aliphatic rings. The highest BCUT2D eigenvalue weighted by molar-refractivity contribution is 5.86. The molecule has 0 amide bonds. The molecule has 0 saturated heterocycles. The van der Waals surface area contributed by atoms with Gasteiger partial charge in [0.15, 0.2) is 5.65 Å². The van der Waals surface area contributed by atoms with Crippen molar-refractivity contribution < 1.29 is 0 Å². The first-order valence-corrected chi connectivity index (χ1v) is 9.65. The first kappa shape index (κ1) is 22.7. The molecule has 1 aliphatic heterocycles. The van der Waals surface area contributed by atoms with Gasteiger partial charge in [-0.1, -0.05) is 13.8 Å². The molecule has 6 nitrogen and oxygen atoms in total. The Hall–Kier alpha value is -1.63. The molecule has 0 aromatic carbocycles. The monoisotopic (exact) mass is 424 g/mol. The van der Waals surface area contributed by atoms with E-state index < -0.39 is 0 Å². The standard InChI is InChI=1S/C20H28N6.2ClH/c1-13(2)6-9-26-20-19(15(4)23-26)14(3)10-17(22-20)18-11-16-12-21-7-5-8-25(16)24-18;;/h10-11,13,21H,5-9,12H2,1-4H3;2*1H. The molecule has 3 aromatic rings. The number of aromatic nitrogens is 5. The van der Waals surface area contributed by atoms with E-state index in [0.717, 1.165) is 61.7 Å². The van der Waals surface area contributed by atoms with Gasteiger partial charge in [0.2, 0.25) is 0 Å². The van der Waals surface area contributed by atoms with Crippen LogP contribution in [0.15, 0.2) is 12.1 Å². The van der Waals surface area contributed by atoms with Gasteiger partial charge in [0.1, 0.15) is 5.69 Å². The summed E-state index contributed by atoms with van der Waals surface area (Å²) in [4.78, 5) is 4.98.